The number of hydrogen-bond donors (Lipinski definition) is 0. The predicted molar refractivity (Wildman–Crippen MR) is 90.0 cm³/mol. The first-order valence-electron chi connectivity index (χ1n) is 10.2. The van der Waals surface area contributed by atoms with E-state index in [1.54, 1.807) is 6.92 Å². The maximum Gasteiger partial charge on any atom is 0.302 e. The van der Waals surface area contributed by atoms with Gasteiger partial charge in [-0.05, 0) is 80.5 Å². The lowest BCUT2D eigenvalue weighted by Gasteiger charge is -2.55. The third-order valence-electron chi connectivity index (χ3n) is 8.83. The molecule has 5 saturated carbocycles. The third-order valence-corrected chi connectivity index (χ3v) is 8.83. The SMILES string of the molecule is CC(=O)O[C@H]1CCC2[C@@H]3CCC4CC(=O)[C@H]5C[C@H]5[C@@H]4[C@H]3CC[C@@]21C. The molecule has 0 spiro atoms. The molecule has 5 aliphatic carbocycles. The van der Waals surface area contributed by atoms with Crippen LogP contribution >= 0.6 is 0 Å². The second-order valence-corrected chi connectivity index (χ2v) is 9.75. The fraction of sp³-hybridized carbons (Fsp3) is 0.905. The standard InChI is InChI=1S/C21H30O3/c1-11(22)24-19-6-5-17-13-4-3-12-9-18(23)15-10-16(15)20(12)14(13)7-8-21(17,19)2/h12-17,19-20H,3-10H2,1-2H3/t12?,13-,14+,15+,16-,17?,19+,20+,21+/m1/s1. The molecule has 9 atom stereocenters. The van der Waals surface area contributed by atoms with Crippen LogP contribution in [-0.2, 0) is 14.3 Å². The van der Waals surface area contributed by atoms with Crippen molar-refractivity contribution in [2.24, 2.45) is 46.8 Å². The molecule has 0 N–H and O–H groups in total. The zero-order valence-corrected chi connectivity index (χ0v) is 15.0. The molecule has 3 heteroatoms. The van der Waals surface area contributed by atoms with Crippen LogP contribution in [0.2, 0.25) is 0 Å². The monoisotopic (exact) mass is 330 g/mol. The summed E-state index contributed by atoms with van der Waals surface area (Å²) < 4.78 is 5.73. The Balaban J connectivity index is 1.39. The summed E-state index contributed by atoms with van der Waals surface area (Å²) in [6.07, 6.45) is 9.60. The van der Waals surface area contributed by atoms with Crippen LogP contribution in [0.4, 0.5) is 0 Å². The largest absolute Gasteiger partial charge is 0.462 e. The molecule has 0 bridgehead atoms. The van der Waals surface area contributed by atoms with Gasteiger partial charge in [0.05, 0.1) is 0 Å². The average molecular weight is 330 g/mol. The summed E-state index contributed by atoms with van der Waals surface area (Å²) >= 11 is 0. The smallest absolute Gasteiger partial charge is 0.302 e. The van der Waals surface area contributed by atoms with Crippen LogP contribution in [0.1, 0.15) is 65.2 Å². The fourth-order valence-electron chi connectivity index (χ4n) is 7.83. The van der Waals surface area contributed by atoms with Gasteiger partial charge in [-0.1, -0.05) is 6.92 Å². The van der Waals surface area contributed by atoms with Crippen molar-refractivity contribution < 1.29 is 14.3 Å². The van der Waals surface area contributed by atoms with Crippen molar-refractivity contribution in [1.82, 2.24) is 0 Å². The van der Waals surface area contributed by atoms with Crippen LogP contribution in [0, 0.1) is 46.8 Å². The minimum Gasteiger partial charge on any atom is -0.462 e. The highest BCUT2D eigenvalue weighted by Gasteiger charge is 2.63. The first-order chi connectivity index (χ1) is 11.5. The molecule has 0 heterocycles. The van der Waals surface area contributed by atoms with E-state index in [1.807, 2.05) is 0 Å². The van der Waals surface area contributed by atoms with Crippen molar-refractivity contribution in [3.63, 3.8) is 0 Å². The molecule has 0 aromatic heterocycles. The molecule has 0 aromatic carbocycles. The lowest BCUT2D eigenvalue weighted by atomic mass is 9.50. The fourth-order valence-corrected chi connectivity index (χ4v) is 7.83. The Morgan fingerprint density at radius 2 is 1.92 bits per heavy atom. The van der Waals surface area contributed by atoms with E-state index < -0.39 is 0 Å². The maximum atomic E-state index is 12.2. The highest BCUT2D eigenvalue weighted by Crippen LogP contribution is 2.67. The molecule has 0 aromatic rings. The van der Waals surface area contributed by atoms with Gasteiger partial charge in [0.25, 0.3) is 0 Å². The number of rotatable bonds is 1. The lowest BCUT2D eigenvalue weighted by molar-refractivity contribution is -0.157. The van der Waals surface area contributed by atoms with Crippen LogP contribution in [0.5, 0.6) is 0 Å². The molecule has 0 radical (unpaired) electrons. The number of Topliss-reactive ketones (excluding diaryl/α,β-unsaturated/α-hetero) is 1. The van der Waals surface area contributed by atoms with Gasteiger partial charge in [0.15, 0.2) is 0 Å². The van der Waals surface area contributed by atoms with Crippen molar-refractivity contribution in [1.29, 1.82) is 0 Å². The first-order valence-corrected chi connectivity index (χ1v) is 10.2. The van der Waals surface area contributed by atoms with E-state index >= 15 is 0 Å². The van der Waals surface area contributed by atoms with Crippen molar-refractivity contribution in [3.8, 4) is 0 Å². The topological polar surface area (TPSA) is 43.4 Å². The van der Waals surface area contributed by atoms with Crippen LogP contribution in [-0.4, -0.2) is 17.9 Å². The molecule has 0 amide bonds. The van der Waals surface area contributed by atoms with Gasteiger partial charge in [-0.15, -0.1) is 0 Å². The molecule has 5 rings (SSSR count). The van der Waals surface area contributed by atoms with E-state index in [9.17, 15) is 9.59 Å². The highest BCUT2D eigenvalue weighted by atomic mass is 16.5. The second kappa shape index (κ2) is 5.08. The molecule has 0 aliphatic heterocycles. The van der Waals surface area contributed by atoms with E-state index in [-0.39, 0.29) is 17.5 Å². The zero-order valence-electron chi connectivity index (χ0n) is 15.0. The van der Waals surface area contributed by atoms with E-state index in [4.69, 9.17) is 4.74 Å². The van der Waals surface area contributed by atoms with Crippen LogP contribution in [0.3, 0.4) is 0 Å². The molecule has 2 unspecified atom stereocenters. The summed E-state index contributed by atoms with van der Waals surface area (Å²) in [4.78, 5) is 23.7. The molecule has 24 heavy (non-hydrogen) atoms. The van der Waals surface area contributed by atoms with E-state index in [0.717, 1.165) is 42.4 Å². The Hall–Kier alpha value is -0.860. The first kappa shape index (κ1) is 15.4. The second-order valence-electron chi connectivity index (χ2n) is 9.75. The Morgan fingerprint density at radius 1 is 1.08 bits per heavy atom. The molecule has 5 aliphatic rings. The summed E-state index contributed by atoms with van der Waals surface area (Å²) in [5.41, 5.74) is 0.201. The van der Waals surface area contributed by atoms with Gasteiger partial charge in [-0.2, -0.15) is 0 Å². The molecule has 5 fully saturated rings. The van der Waals surface area contributed by atoms with E-state index in [0.29, 0.717) is 17.6 Å². The molecular weight excluding hydrogens is 300 g/mol. The van der Waals surface area contributed by atoms with Gasteiger partial charge in [0, 0.05) is 24.7 Å². The summed E-state index contributed by atoms with van der Waals surface area (Å²) in [5, 5.41) is 0. The van der Waals surface area contributed by atoms with Crippen LogP contribution < -0.4 is 0 Å². The highest BCUT2D eigenvalue weighted by molar-refractivity contribution is 5.85. The normalized spacial score (nSPS) is 55.0. The van der Waals surface area contributed by atoms with Crippen molar-refractivity contribution >= 4 is 11.8 Å². The maximum absolute atomic E-state index is 12.2. The quantitative estimate of drug-likeness (QED) is 0.683. The predicted octanol–water partition coefficient (Wildman–Crippen LogP) is 4.00. The van der Waals surface area contributed by atoms with Gasteiger partial charge < -0.3 is 4.74 Å². The lowest BCUT2D eigenvalue weighted by Crippen LogP contribution is -2.50. The molecular formula is C21H30O3. The number of hydrogen-bond acceptors (Lipinski definition) is 3. The molecule has 0 saturated heterocycles. The van der Waals surface area contributed by atoms with Gasteiger partial charge >= 0.3 is 5.97 Å². The minimum atomic E-state index is -0.112. The Labute approximate surface area is 144 Å². The minimum absolute atomic E-state index is 0.112. The Bertz CT molecular complexity index is 584. The van der Waals surface area contributed by atoms with Gasteiger partial charge in [0.1, 0.15) is 11.9 Å². The van der Waals surface area contributed by atoms with E-state index in [1.165, 1.54) is 38.5 Å². The average Bonchev–Trinajstić information content (AvgIpc) is 3.27. The van der Waals surface area contributed by atoms with Crippen molar-refractivity contribution in [2.45, 2.75) is 71.3 Å². The Morgan fingerprint density at radius 3 is 2.71 bits per heavy atom. The number of ether oxygens (including phenoxy) is 1. The van der Waals surface area contributed by atoms with Crippen LogP contribution in [0.25, 0.3) is 0 Å². The number of ketones is 1. The molecule has 132 valence electrons. The Kier molecular flexibility index (Phi) is 3.26. The third kappa shape index (κ3) is 2.02. The van der Waals surface area contributed by atoms with Gasteiger partial charge in [0.2, 0.25) is 0 Å². The summed E-state index contributed by atoms with van der Waals surface area (Å²) in [5.74, 6) is 5.57. The molecule has 3 nitrogen and oxygen atoms in total. The van der Waals surface area contributed by atoms with Crippen molar-refractivity contribution in [3.05, 3.63) is 0 Å². The van der Waals surface area contributed by atoms with Gasteiger partial charge in [-0.3, -0.25) is 9.59 Å². The van der Waals surface area contributed by atoms with Crippen molar-refractivity contribution in [2.75, 3.05) is 0 Å². The summed E-state index contributed by atoms with van der Waals surface area (Å²) in [6.45, 7) is 3.95. The van der Waals surface area contributed by atoms with Crippen LogP contribution in [0.15, 0.2) is 0 Å². The number of esters is 1. The number of carbonyl (C=O) groups excluding carboxylic acids is 2. The summed E-state index contributed by atoms with van der Waals surface area (Å²) in [6, 6.07) is 0. The van der Waals surface area contributed by atoms with E-state index in [2.05, 4.69) is 6.92 Å². The van der Waals surface area contributed by atoms with Gasteiger partial charge in [-0.25, -0.2) is 0 Å². The summed E-state index contributed by atoms with van der Waals surface area (Å²) in [7, 11) is 0. The number of carbonyl (C=O) groups is 2. The zero-order chi connectivity index (χ0) is 16.6. The number of fused-ring (bicyclic) bond motifs is 7.